The van der Waals surface area contributed by atoms with Crippen molar-refractivity contribution in [3.8, 4) is 0 Å². The summed E-state index contributed by atoms with van der Waals surface area (Å²) in [6, 6.07) is 20.8. The summed E-state index contributed by atoms with van der Waals surface area (Å²) in [5.74, 6) is 1.02. The fraction of sp³-hybridized carbons (Fsp3) is 0.423. The molecule has 2 aliphatic heterocycles. The predicted octanol–water partition coefficient (Wildman–Crippen LogP) is 3.26. The molecule has 3 heterocycles. The molecule has 5 heteroatoms. The number of aromatic nitrogens is 1. The fourth-order valence-electron chi connectivity index (χ4n) is 5.24. The van der Waals surface area contributed by atoms with Crippen LogP contribution in [0.4, 0.5) is 5.82 Å². The molecule has 0 radical (unpaired) electrons. The van der Waals surface area contributed by atoms with Gasteiger partial charge in [-0.3, -0.25) is 4.90 Å². The van der Waals surface area contributed by atoms with Crippen molar-refractivity contribution in [3.05, 3.63) is 71.8 Å². The monoisotopic (exact) mass is 416 g/mol. The van der Waals surface area contributed by atoms with Crippen LogP contribution in [0.5, 0.6) is 0 Å². The maximum atomic E-state index is 12.0. The number of hydrogen-bond donors (Lipinski definition) is 1. The van der Waals surface area contributed by atoms with Gasteiger partial charge in [-0.1, -0.05) is 48.5 Å². The second-order valence-electron chi connectivity index (χ2n) is 9.16. The summed E-state index contributed by atoms with van der Waals surface area (Å²) in [4.78, 5) is 12.2. The highest BCUT2D eigenvalue weighted by Crippen LogP contribution is 2.38. The maximum Gasteiger partial charge on any atom is 0.129 e. The quantitative estimate of drug-likeness (QED) is 0.710. The van der Waals surface area contributed by atoms with E-state index in [2.05, 4.69) is 71.1 Å². The first-order valence-electron chi connectivity index (χ1n) is 11.4. The summed E-state index contributed by atoms with van der Waals surface area (Å²) in [7, 11) is 2.18. The third kappa shape index (κ3) is 3.82. The molecule has 162 valence electrons. The van der Waals surface area contributed by atoms with E-state index < -0.39 is 5.60 Å². The Balaban J connectivity index is 1.49. The molecule has 3 aromatic rings. The van der Waals surface area contributed by atoms with Crippen molar-refractivity contribution in [2.45, 2.75) is 25.0 Å². The van der Waals surface area contributed by atoms with Crippen LogP contribution in [0.2, 0.25) is 0 Å². The molecule has 5 rings (SSSR count). The maximum absolute atomic E-state index is 12.0. The smallest absolute Gasteiger partial charge is 0.129 e. The predicted molar refractivity (Wildman–Crippen MR) is 127 cm³/mol. The number of aryl methyl sites for hydroxylation is 1. The minimum Gasteiger partial charge on any atom is -0.383 e. The van der Waals surface area contributed by atoms with Gasteiger partial charge >= 0.3 is 0 Å². The third-order valence-corrected chi connectivity index (χ3v) is 7.19. The lowest BCUT2D eigenvalue weighted by Gasteiger charge is -2.51. The molecule has 0 bridgehead atoms. The zero-order chi connectivity index (χ0) is 21.4. The van der Waals surface area contributed by atoms with Crippen LogP contribution in [-0.2, 0) is 5.60 Å². The first-order chi connectivity index (χ1) is 15.0. The summed E-state index contributed by atoms with van der Waals surface area (Å²) in [6.07, 6.45) is 0.696. The van der Waals surface area contributed by atoms with E-state index >= 15 is 0 Å². The van der Waals surface area contributed by atoms with Crippen LogP contribution < -0.4 is 4.90 Å². The second kappa shape index (κ2) is 8.23. The number of para-hydroxylation sites is 1. The van der Waals surface area contributed by atoms with Crippen molar-refractivity contribution in [2.75, 3.05) is 51.2 Å². The number of nitrogens with zero attached hydrogens (tertiary/aromatic N) is 4. The Morgan fingerprint density at radius 3 is 2.42 bits per heavy atom. The van der Waals surface area contributed by atoms with Crippen LogP contribution in [0.15, 0.2) is 60.7 Å². The van der Waals surface area contributed by atoms with Gasteiger partial charge < -0.3 is 14.9 Å². The van der Waals surface area contributed by atoms with Gasteiger partial charge in [0.15, 0.2) is 0 Å². The van der Waals surface area contributed by atoms with Crippen LogP contribution in [0, 0.1) is 6.92 Å². The Bertz CT molecular complexity index is 1050. The molecular formula is C26H32N4O. The Morgan fingerprint density at radius 1 is 0.935 bits per heavy atom. The van der Waals surface area contributed by atoms with E-state index in [-0.39, 0.29) is 6.04 Å². The molecule has 5 nitrogen and oxygen atoms in total. The van der Waals surface area contributed by atoms with Crippen molar-refractivity contribution in [1.82, 2.24) is 14.8 Å². The number of rotatable bonds is 3. The van der Waals surface area contributed by atoms with E-state index in [1.54, 1.807) is 0 Å². The average molecular weight is 417 g/mol. The molecule has 1 aromatic heterocycles. The van der Waals surface area contributed by atoms with Gasteiger partial charge in [0.05, 0.1) is 11.6 Å². The lowest BCUT2D eigenvalue weighted by atomic mass is 9.79. The highest BCUT2D eigenvalue weighted by molar-refractivity contribution is 5.83. The SMILES string of the molecule is Cc1cc(N2CC[C@](O)(c3ccccc3)[C@H](N3CCN(C)CC3)C2)nc2ccccc12. The van der Waals surface area contributed by atoms with Gasteiger partial charge in [-0.25, -0.2) is 4.98 Å². The van der Waals surface area contributed by atoms with Crippen molar-refractivity contribution < 1.29 is 5.11 Å². The largest absolute Gasteiger partial charge is 0.383 e. The number of anilines is 1. The molecule has 0 unspecified atom stereocenters. The fourth-order valence-corrected chi connectivity index (χ4v) is 5.24. The van der Waals surface area contributed by atoms with Gasteiger partial charge in [-0.15, -0.1) is 0 Å². The van der Waals surface area contributed by atoms with E-state index in [0.717, 1.165) is 56.2 Å². The number of fused-ring (bicyclic) bond motifs is 1. The Hall–Kier alpha value is -2.47. The van der Waals surface area contributed by atoms with Crippen molar-refractivity contribution in [3.63, 3.8) is 0 Å². The zero-order valence-electron chi connectivity index (χ0n) is 18.5. The minimum absolute atomic E-state index is 0.0333. The van der Waals surface area contributed by atoms with E-state index in [0.29, 0.717) is 6.42 Å². The van der Waals surface area contributed by atoms with Gasteiger partial charge in [0, 0.05) is 44.7 Å². The van der Waals surface area contributed by atoms with E-state index in [1.165, 1.54) is 10.9 Å². The van der Waals surface area contributed by atoms with Crippen molar-refractivity contribution in [1.29, 1.82) is 0 Å². The number of likely N-dealkylation sites (N-methyl/N-ethyl adjacent to an activating group) is 1. The summed E-state index contributed by atoms with van der Waals surface area (Å²) in [6.45, 7) is 7.77. The Morgan fingerprint density at radius 2 is 1.65 bits per heavy atom. The van der Waals surface area contributed by atoms with Gasteiger partial charge in [0.25, 0.3) is 0 Å². The second-order valence-corrected chi connectivity index (χ2v) is 9.16. The van der Waals surface area contributed by atoms with Crippen LogP contribution in [0.25, 0.3) is 10.9 Å². The lowest BCUT2D eigenvalue weighted by Crippen LogP contribution is -2.64. The van der Waals surface area contributed by atoms with E-state index in [1.807, 2.05) is 18.2 Å². The van der Waals surface area contributed by atoms with Crippen LogP contribution in [0.1, 0.15) is 17.5 Å². The number of aliphatic hydroxyl groups is 1. The zero-order valence-corrected chi connectivity index (χ0v) is 18.5. The van der Waals surface area contributed by atoms with Crippen LogP contribution in [-0.4, -0.2) is 72.2 Å². The molecule has 2 aliphatic rings. The first-order valence-corrected chi connectivity index (χ1v) is 11.4. The summed E-state index contributed by atoms with van der Waals surface area (Å²) >= 11 is 0. The molecule has 0 saturated carbocycles. The lowest BCUT2D eigenvalue weighted by molar-refractivity contribution is -0.0757. The van der Waals surface area contributed by atoms with E-state index in [9.17, 15) is 5.11 Å². The minimum atomic E-state index is -0.848. The van der Waals surface area contributed by atoms with Gasteiger partial charge in [-0.2, -0.15) is 0 Å². The highest BCUT2D eigenvalue weighted by Gasteiger charge is 2.46. The molecule has 31 heavy (non-hydrogen) atoms. The molecular weight excluding hydrogens is 384 g/mol. The number of benzene rings is 2. The number of piperidine rings is 1. The molecule has 2 aromatic carbocycles. The number of hydrogen-bond acceptors (Lipinski definition) is 5. The van der Waals surface area contributed by atoms with Gasteiger partial charge in [-0.05, 0) is 43.7 Å². The molecule has 1 N–H and O–H groups in total. The Labute approximate surface area is 184 Å². The van der Waals surface area contributed by atoms with E-state index in [4.69, 9.17) is 4.98 Å². The van der Waals surface area contributed by atoms with Crippen LogP contribution >= 0.6 is 0 Å². The topological polar surface area (TPSA) is 42.8 Å². The first kappa shape index (κ1) is 20.4. The van der Waals surface area contributed by atoms with Gasteiger partial charge in [0.2, 0.25) is 0 Å². The van der Waals surface area contributed by atoms with Crippen LogP contribution in [0.3, 0.4) is 0 Å². The molecule has 0 spiro atoms. The normalized spacial score (nSPS) is 25.8. The summed E-state index contributed by atoms with van der Waals surface area (Å²) in [5, 5.41) is 13.2. The third-order valence-electron chi connectivity index (χ3n) is 7.19. The van der Waals surface area contributed by atoms with Crippen molar-refractivity contribution >= 4 is 16.7 Å². The summed E-state index contributed by atoms with van der Waals surface area (Å²) < 4.78 is 0. The summed E-state index contributed by atoms with van der Waals surface area (Å²) in [5.41, 5.74) is 2.47. The number of piperazine rings is 1. The Kier molecular flexibility index (Phi) is 5.42. The number of pyridine rings is 1. The standard InChI is InChI=1S/C26H32N4O/c1-20-18-25(27-23-11-7-6-10-22(20)23)30-13-12-26(31,21-8-4-3-5-9-21)24(19-30)29-16-14-28(2)15-17-29/h3-11,18,24,31H,12-17,19H2,1-2H3/t24-,26+/m1/s1. The molecule has 2 saturated heterocycles. The molecule has 2 fully saturated rings. The van der Waals surface area contributed by atoms with Gasteiger partial charge in [0.1, 0.15) is 11.4 Å². The molecule has 2 atom stereocenters. The van der Waals surface area contributed by atoms with Crippen molar-refractivity contribution in [2.24, 2.45) is 0 Å². The average Bonchev–Trinajstić information content (AvgIpc) is 2.81. The molecule has 0 aliphatic carbocycles. The highest BCUT2D eigenvalue weighted by atomic mass is 16.3. The molecule has 0 amide bonds.